The predicted octanol–water partition coefficient (Wildman–Crippen LogP) is -1.18. The largest absolute Gasteiger partial charge is 0.671 e. The number of rotatable bonds is 3. The molecule has 5 nitrogen and oxygen atoms in total. The molecule has 0 aliphatic carbocycles. The van der Waals surface area contributed by atoms with E-state index in [1.54, 1.807) is 13.8 Å². The molecule has 70 valence electrons. The minimum absolute atomic E-state index is 0.190. The summed E-state index contributed by atoms with van der Waals surface area (Å²) < 4.78 is 4.18. The number of hydrogen-bond acceptors (Lipinski definition) is 5. The highest BCUT2D eigenvalue weighted by atomic mass is 28.4. The topological polar surface area (TPSA) is 90.2 Å². The molecule has 0 unspecified atom stereocenters. The summed E-state index contributed by atoms with van der Waals surface area (Å²) in [6.07, 6.45) is 0.663. The van der Waals surface area contributed by atoms with Gasteiger partial charge < -0.3 is 23.9 Å². The molecule has 0 radical (unpaired) electrons. The lowest BCUT2D eigenvalue weighted by molar-refractivity contribution is 0.0636. The first-order chi connectivity index (χ1) is 4.97. The normalized spacial score (nSPS) is 10.4. The van der Waals surface area contributed by atoms with Crippen LogP contribution in [0.5, 0.6) is 0 Å². The zero-order valence-electron chi connectivity index (χ0n) is 6.82. The Labute approximate surface area is 67.4 Å². The van der Waals surface area contributed by atoms with E-state index in [1.807, 2.05) is 0 Å². The Morgan fingerprint density at radius 1 is 1.18 bits per heavy atom. The minimum Gasteiger partial charge on any atom is -0.397 e. The number of aliphatic hydroxyl groups excluding tert-OH is 1. The first-order valence-corrected chi connectivity index (χ1v) is 5.14. The van der Waals surface area contributed by atoms with Crippen molar-refractivity contribution in [3.05, 3.63) is 0 Å². The lowest BCUT2D eigenvalue weighted by atomic mass is 10.5. The van der Waals surface area contributed by atoms with E-state index >= 15 is 0 Å². The molecule has 4 N–H and O–H groups in total. The Kier molecular flexibility index (Phi) is 10.0. The maximum Gasteiger partial charge on any atom is 0.671 e. The van der Waals surface area contributed by atoms with E-state index in [4.69, 9.17) is 19.5 Å². The molecule has 6 heteroatoms. The molecule has 0 aromatic rings. The van der Waals surface area contributed by atoms with Crippen LogP contribution < -0.4 is 0 Å². The molecule has 0 amide bonds. The summed E-state index contributed by atoms with van der Waals surface area (Å²) in [5.74, 6) is 0. The Bertz CT molecular complexity index is 71.8. The molecule has 0 saturated heterocycles. The van der Waals surface area contributed by atoms with Crippen LogP contribution in [0.3, 0.4) is 0 Å². The fraction of sp³-hybridized carbons (Fsp3) is 1.00. The summed E-state index contributed by atoms with van der Waals surface area (Å²) >= 11 is 0. The van der Waals surface area contributed by atoms with Gasteiger partial charge in [0.2, 0.25) is 0 Å². The van der Waals surface area contributed by atoms with Gasteiger partial charge in [0.15, 0.2) is 0 Å². The lowest BCUT2D eigenvalue weighted by Crippen LogP contribution is -2.39. The van der Waals surface area contributed by atoms with Gasteiger partial charge in [-0.05, 0) is 13.3 Å². The summed E-state index contributed by atoms with van der Waals surface area (Å²) in [4.78, 5) is 24.5. The highest BCUT2D eigenvalue weighted by Crippen LogP contribution is 1.89. The van der Waals surface area contributed by atoms with E-state index in [1.165, 1.54) is 0 Å². The smallest absolute Gasteiger partial charge is 0.397 e. The summed E-state index contributed by atoms with van der Waals surface area (Å²) in [5.41, 5.74) is 0. The van der Waals surface area contributed by atoms with Gasteiger partial charge in [-0.15, -0.1) is 0 Å². The van der Waals surface area contributed by atoms with Gasteiger partial charge in [-0.3, -0.25) is 0 Å². The van der Waals surface area contributed by atoms with Crippen molar-refractivity contribution in [2.75, 3.05) is 13.2 Å². The van der Waals surface area contributed by atoms with Crippen LogP contribution in [-0.4, -0.2) is 41.8 Å². The molecule has 0 saturated carbocycles. The van der Waals surface area contributed by atoms with Crippen molar-refractivity contribution in [2.45, 2.75) is 20.3 Å². The van der Waals surface area contributed by atoms with Crippen molar-refractivity contribution in [3.8, 4) is 0 Å². The number of hydrogen-bond donors (Lipinski definition) is 4. The molecule has 0 aliphatic heterocycles. The van der Waals surface area contributed by atoms with Gasteiger partial charge in [0.1, 0.15) is 0 Å². The second-order valence-corrected chi connectivity index (χ2v) is 3.17. The summed E-state index contributed by atoms with van der Waals surface area (Å²) in [7, 11) is -4.18. The third-order valence-corrected chi connectivity index (χ3v) is 1.09. The molecule has 0 aromatic carbocycles. The fourth-order valence-electron chi connectivity index (χ4n) is 0.239. The van der Waals surface area contributed by atoms with Crippen LogP contribution in [0.25, 0.3) is 0 Å². The standard InChI is InChI=1S/C3H10O4Si.C2H6O/c1-2-3-7-8(4,5)6;1-2-3/h4-6H,2-3H2,1H3;3H,2H2,1H3. The zero-order chi connectivity index (χ0) is 9.33. The SMILES string of the molecule is CCCO[Si](O)(O)O.CCO. The molecule has 11 heavy (non-hydrogen) atoms. The third-order valence-electron chi connectivity index (χ3n) is 0.500. The fourth-order valence-corrected chi connectivity index (χ4v) is 0.717. The van der Waals surface area contributed by atoms with Gasteiger partial charge in [-0.2, -0.15) is 0 Å². The van der Waals surface area contributed by atoms with Gasteiger partial charge in [-0.25, -0.2) is 0 Å². The van der Waals surface area contributed by atoms with Crippen LogP contribution in [-0.2, 0) is 4.43 Å². The maximum atomic E-state index is 8.18. The van der Waals surface area contributed by atoms with Gasteiger partial charge in [-0.1, -0.05) is 6.92 Å². The van der Waals surface area contributed by atoms with Crippen LogP contribution in [0.4, 0.5) is 0 Å². The van der Waals surface area contributed by atoms with Gasteiger partial charge in [0, 0.05) is 13.2 Å². The van der Waals surface area contributed by atoms with Crippen molar-refractivity contribution in [1.82, 2.24) is 0 Å². The maximum absolute atomic E-state index is 8.18. The third kappa shape index (κ3) is 25.6. The van der Waals surface area contributed by atoms with E-state index in [0.29, 0.717) is 6.42 Å². The van der Waals surface area contributed by atoms with Crippen LogP contribution in [0.2, 0.25) is 0 Å². The Balaban J connectivity index is 0. The van der Waals surface area contributed by atoms with Gasteiger partial charge in [0.25, 0.3) is 0 Å². The second-order valence-electron chi connectivity index (χ2n) is 1.74. The van der Waals surface area contributed by atoms with Crippen molar-refractivity contribution in [2.24, 2.45) is 0 Å². The van der Waals surface area contributed by atoms with Gasteiger partial charge >= 0.3 is 9.05 Å². The van der Waals surface area contributed by atoms with Crippen molar-refractivity contribution in [3.63, 3.8) is 0 Å². The van der Waals surface area contributed by atoms with Gasteiger partial charge in [0.05, 0.1) is 0 Å². The van der Waals surface area contributed by atoms with Crippen molar-refractivity contribution in [1.29, 1.82) is 0 Å². The van der Waals surface area contributed by atoms with Crippen LogP contribution in [0, 0.1) is 0 Å². The van der Waals surface area contributed by atoms with Crippen LogP contribution in [0.1, 0.15) is 20.3 Å². The summed E-state index contributed by atoms with van der Waals surface area (Å²) in [6.45, 7) is 3.93. The molecule has 0 heterocycles. The average Bonchev–Trinajstić information content (AvgIpc) is 1.84. The predicted molar refractivity (Wildman–Crippen MR) is 41.4 cm³/mol. The number of aliphatic hydroxyl groups is 1. The average molecular weight is 184 g/mol. The minimum atomic E-state index is -4.18. The first kappa shape index (κ1) is 13.6. The Morgan fingerprint density at radius 3 is 1.64 bits per heavy atom. The van der Waals surface area contributed by atoms with Crippen molar-refractivity contribution >= 4 is 9.05 Å². The monoisotopic (exact) mass is 184 g/mol. The molecule has 0 aromatic heterocycles. The van der Waals surface area contributed by atoms with Crippen LogP contribution in [0.15, 0.2) is 0 Å². The first-order valence-electron chi connectivity index (χ1n) is 3.39. The highest BCUT2D eigenvalue weighted by Gasteiger charge is 2.29. The molecule has 0 rings (SSSR count). The zero-order valence-corrected chi connectivity index (χ0v) is 7.82. The quantitative estimate of drug-likeness (QED) is 0.415. The molecule has 0 atom stereocenters. The van der Waals surface area contributed by atoms with E-state index in [2.05, 4.69) is 4.43 Å². The molecular weight excluding hydrogens is 168 g/mol. The van der Waals surface area contributed by atoms with Crippen molar-refractivity contribution < 1.29 is 23.9 Å². The summed E-state index contributed by atoms with van der Waals surface area (Å²) in [6, 6.07) is 0. The lowest BCUT2D eigenvalue weighted by Gasteiger charge is -2.07. The summed E-state index contributed by atoms with van der Waals surface area (Å²) in [5, 5.41) is 7.57. The van der Waals surface area contributed by atoms with E-state index in [9.17, 15) is 0 Å². The molecular formula is C5H16O5Si. The second kappa shape index (κ2) is 8.12. The van der Waals surface area contributed by atoms with E-state index in [0.717, 1.165) is 0 Å². The molecule has 0 aliphatic rings. The highest BCUT2D eigenvalue weighted by molar-refractivity contribution is 6.48. The van der Waals surface area contributed by atoms with E-state index in [-0.39, 0.29) is 13.2 Å². The molecule has 0 fully saturated rings. The van der Waals surface area contributed by atoms with Crippen LogP contribution >= 0.6 is 0 Å². The van der Waals surface area contributed by atoms with E-state index < -0.39 is 9.05 Å². The Hall–Kier alpha value is 0.0169. The molecule has 0 bridgehead atoms. The molecule has 0 spiro atoms. The Morgan fingerprint density at radius 2 is 1.55 bits per heavy atom.